The quantitative estimate of drug-likeness (QED) is 0.762. The Morgan fingerprint density at radius 1 is 1.40 bits per heavy atom. The summed E-state index contributed by atoms with van der Waals surface area (Å²) in [6.07, 6.45) is 2.49. The molecule has 6 heteroatoms. The van der Waals surface area contributed by atoms with Crippen molar-refractivity contribution in [2.75, 3.05) is 7.11 Å². The fourth-order valence-electron chi connectivity index (χ4n) is 2.20. The van der Waals surface area contributed by atoms with Gasteiger partial charge in [-0.3, -0.25) is 0 Å². The predicted molar refractivity (Wildman–Crippen MR) is 83.3 cm³/mol. The first kappa shape index (κ1) is 13.9. The van der Waals surface area contributed by atoms with Crippen molar-refractivity contribution < 1.29 is 4.74 Å². The van der Waals surface area contributed by atoms with Crippen molar-refractivity contribution in [3.63, 3.8) is 0 Å². The number of nitrogens with zero attached hydrogens (tertiary/aromatic N) is 3. The van der Waals surface area contributed by atoms with Crippen molar-refractivity contribution in [2.45, 2.75) is 36.7 Å². The molecule has 3 rings (SSSR count). The summed E-state index contributed by atoms with van der Waals surface area (Å²) in [7, 11) is 1.70. The number of benzene rings is 1. The maximum Gasteiger partial charge on any atom is 0.191 e. The van der Waals surface area contributed by atoms with Gasteiger partial charge >= 0.3 is 0 Å². The minimum Gasteiger partial charge on any atom is -0.496 e. The Bertz CT molecular complexity index is 625. The van der Waals surface area contributed by atoms with E-state index in [9.17, 15) is 0 Å². The Morgan fingerprint density at radius 2 is 2.20 bits per heavy atom. The molecule has 1 heterocycles. The molecule has 1 saturated carbocycles. The molecule has 4 nitrogen and oxygen atoms in total. The maximum atomic E-state index is 5.41. The van der Waals surface area contributed by atoms with Gasteiger partial charge in [-0.05, 0) is 38.0 Å². The molecule has 0 aliphatic heterocycles. The van der Waals surface area contributed by atoms with E-state index in [2.05, 4.69) is 36.8 Å². The SMILES string of the molecule is COc1ccc(Br)cc1CSc1nnc(C)n1C1CC1. The third kappa shape index (κ3) is 2.86. The molecule has 20 heavy (non-hydrogen) atoms. The third-order valence-corrected chi connectivity index (χ3v) is 4.83. The monoisotopic (exact) mass is 353 g/mol. The van der Waals surface area contributed by atoms with Crippen molar-refractivity contribution in [2.24, 2.45) is 0 Å². The van der Waals surface area contributed by atoms with Gasteiger partial charge in [-0.25, -0.2) is 0 Å². The Morgan fingerprint density at radius 3 is 2.90 bits per heavy atom. The summed E-state index contributed by atoms with van der Waals surface area (Å²) < 4.78 is 8.73. The summed E-state index contributed by atoms with van der Waals surface area (Å²) in [4.78, 5) is 0. The molecule has 0 N–H and O–H groups in total. The van der Waals surface area contributed by atoms with E-state index < -0.39 is 0 Å². The number of aryl methyl sites for hydroxylation is 1. The van der Waals surface area contributed by atoms with Crippen LogP contribution in [0.5, 0.6) is 5.75 Å². The van der Waals surface area contributed by atoms with Crippen LogP contribution >= 0.6 is 27.7 Å². The standard InChI is InChI=1S/C14H16BrN3OS/c1-9-16-17-14(18(9)12-4-5-12)20-8-10-7-11(15)3-6-13(10)19-2/h3,6-7,12H,4-5,8H2,1-2H3. The van der Waals surface area contributed by atoms with Crippen LogP contribution in [0, 0.1) is 6.92 Å². The summed E-state index contributed by atoms with van der Waals surface area (Å²) >= 11 is 5.22. The number of ether oxygens (including phenoxy) is 1. The van der Waals surface area contributed by atoms with Crippen molar-refractivity contribution in [1.82, 2.24) is 14.8 Å². The Kier molecular flexibility index (Phi) is 4.03. The lowest BCUT2D eigenvalue weighted by Crippen LogP contribution is -1.99. The second-order valence-electron chi connectivity index (χ2n) is 4.88. The van der Waals surface area contributed by atoms with Gasteiger partial charge in [0.2, 0.25) is 0 Å². The van der Waals surface area contributed by atoms with Gasteiger partial charge in [-0.15, -0.1) is 10.2 Å². The van der Waals surface area contributed by atoms with Crippen LogP contribution in [-0.2, 0) is 5.75 Å². The number of thioether (sulfide) groups is 1. The highest BCUT2D eigenvalue weighted by Crippen LogP contribution is 2.39. The predicted octanol–water partition coefficient (Wildman–Crippen LogP) is 3.98. The van der Waals surface area contributed by atoms with Gasteiger partial charge in [-0.1, -0.05) is 27.7 Å². The highest BCUT2D eigenvalue weighted by Gasteiger charge is 2.28. The molecule has 0 unspecified atom stereocenters. The zero-order chi connectivity index (χ0) is 14.1. The Hall–Kier alpha value is -1.01. The number of halogens is 1. The molecule has 1 aromatic carbocycles. The minimum atomic E-state index is 0.608. The Balaban J connectivity index is 1.78. The van der Waals surface area contributed by atoms with Crippen LogP contribution in [0.1, 0.15) is 30.3 Å². The minimum absolute atomic E-state index is 0.608. The van der Waals surface area contributed by atoms with Gasteiger partial charge in [0.15, 0.2) is 5.16 Å². The fourth-order valence-corrected chi connectivity index (χ4v) is 3.64. The topological polar surface area (TPSA) is 39.9 Å². The second-order valence-corrected chi connectivity index (χ2v) is 6.73. The molecule has 0 spiro atoms. The van der Waals surface area contributed by atoms with Gasteiger partial charge in [0, 0.05) is 21.8 Å². The average molecular weight is 354 g/mol. The molecule has 106 valence electrons. The third-order valence-electron chi connectivity index (χ3n) is 3.35. The zero-order valence-electron chi connectivity index (χ0n) is 11.5. The van der Waals surface area contributed by atoms with E-state index in [-0.39, 0.29) is 0 Å². The van der Waals surface area contributed by atoms with Crippen LogP contribution in [-0.4, -0.2) is 21.9 Å². The normalized spacial score (nSPS) is 14.6. The summed E-state index contributed by atoms with van der Waals surface area (Å²) in [6.45, 7) is 2.02. The van der Waals surface area contributed by atoms with E-state index in [4.69, 9.17) is 4.74 Å². The maximum absolute atomic E-state index is 5.41. The van der Waals surface area contributed by atoms with E-state index >= 15 is 0 Å². The summed E-state index contributed by atoms with van der Waals surface area (Å²) in [5.74, 6) is 2.75. The van der Waals surface area contributed by atoms with Crippen LogP contribution in [0.2, 0.25) is 0 Å². The number of methoxy groups -OCH3 is 1. The molecule has 0 saturated heterocycles. The van der Waals surface area contributed by atoms with Crippen molar-refractivity contribution >= 4 is 27.7 Å². The van der Waals surface area contributed by atoms with Crippen LogP contribution in [0.25, 0.3) is 0 Å². The van der Waals surface area contributed by atoms with E-state index in [0.29, 0.717) is 6.04 Å². The zero-order valence-corrected chi connectivity index (χ0v) is 13.9. The summed E-state index contributed by atoms with van der Waals surface area (Å²) in [5.41, 5.74) is 1.16. The smallest absolute Gasteiger partial charge is 0.191 e. The lowest BCUT2D eigenvalue weighted by Gasteiger charge is -2.09. The first-order valence-electron chi connectivity index (χ1n) is 6.55. The second kappa shape index (κ2) is 5.77. The molecular weight excluding hydrogens is 338 g/mol. The lowest BCUT2D eigenvalue weighted by atomic mass is 10.2. The largest absolute Gasteiger partial charge is 0.496 e. The van der Waals surface area contributed by atoms with Gasteiger partial charge in [0.05, 0.1) is 7.11 Å². The molecule has 1 fully saturated rings. The van der Waals surface area contributed by atoms with E-state index in [1.165, 1.54) is 12.8 Å². The molecule has 1 aliphatic rings. The lowest BCUT2D eigenvalue weighted by molar-refractivity contribution is 0.411. The van der Waals surface area contributed by atoms with Crippen molar-refractivity contribution in [1.29, 1.82) is 0 Å². The summed E-state index contributed by atoms with van der Waals surface area (Å²) in [5, 5.41) is 9.50. The average Bonchev–Trinajstić information content (AvgIpc) is 3.20. The molecule has 0 amide bonds. The summed E-state index contributed by atoms with van der Waals surface area (Å²) in [6, 6.07) is 6.67. The molecule has 0 atom stereocenters. The number of aromatic nitrogens is 3. The highest BCUT2D eigenvalue weighted by molar-refractivity contribution is 9.10. The number of hydrogen-bond donors (Lipinski definition) is 0. The van der Waals surface area contributed by atoms with E-state index in [0.717, 1.165) is 32.5 Å². The van der Waals surface area contributed by atoms with Gasteiger partial charge in [-0.2, -0.15) is 0 Å². The molecule has 2 aromatic rings. The fraction of sp³-hybridized carbons (Fsp3) is 0.429. The molecule has 1 aromatic heterocycles. The molecule has 0 bridgehead atoms. The first-order valence-corrected chi connectivity index (χ1v) is 8.33. The van der Waals surface area contributed by atoms with Gasteiger partial charge < -0.3 is 9.30 Å². The molecule has 0 radical (unpaired) electrons. The molecular formula is C14H16BrN3OS. The highest BCUT2D eigenvalue weighted by atomic mass is 79.9. The van der Waals surface area contributed by atoms with Crippen LogP contribution in [0.4, 0.5) is 0 Å². The van der Waals surface area contributed by atoms with Crippen LogP contribution in [0.3, 0.4) is 0 Å². The van der Waals surface area contributed by atoms with Gasteiger partial charge in [0.25, 0.3) is 0 Å². The van der Waals surface area contributed by atoms with Crippen molar-refractivity contribution in [3.05, 3.63) is 34.1 Å². The van der Waals surface area contributed by atoms with Crippen LogP contribution < -0.4 is 4.74 Å². The first-order chi connectivity index (χ1) is 9.69. The Labute approximate surface area is 131 Å². The van der Waals surface area contributed by atoms with Gasteiger partial charge in [0.1, 0.15) is 11.6 Å². The number of hydrogen-bond acceptors (Lipinski definition) is 4. The van der Waals surface area contributed by atoms with Crippen LogP contribution in [0.15, 0.2) is 27.8 Å². The molecule has 1 aliphatic carbocycles. The number of rotatable bonds is 5. The van der Waals surface area contributed by atoms with E-state index in [1.807, 2.05) is 19.1 Å². The van der Waals surface area contributed by atoms with Crippen molar-refractivity contribution in [3.8, 4) is 5.75 Å². The van der Waals surface area contributed by atoms with E-state index in [1.54, 1.807) is 18.9 Å².